The minimum Gasteiger partial charge on any atom is -0.462 e. The van der Waals surface area contributed by atoms with Crippen molar-refractivity contribution in [1.82, 2.24) is 0 Å². The highest BCUT2D eigenvalue weighted by Gasteiger charge is 2.27. The molecule has 1 atom stereocenters. The van der Waals surface area contributed by atoms with Crippen molar-refractivity contribution in [2.45, 2.75) is 33.3 Å². The molecule has 0 spiro atoms. The molecule has 1 rings (SSSR count). The number of carbonyl (C=O) groups is 2. The largest absolute Gasteiger partial charge is 0.462 e. The van der Waals surface area contributed by atoms with Crippen LogP contribution in [0.5, 0.6) is 0 Å². The molecule has 0 N–H and O–H groups in total. The van der Waals surface area contributed by atoms with Gasteiger partial charge in [0, 0.05) is 0 Å². The van der Waals surface area contributed by atoms with Gasteiger partial charge in [0.15, 0.2) is 0 Å². The van der Waals surface area contributed by atoms with Crippen molar-refractivity contribution >= 4 is 11.9 Å². The van der Waals surface area contributed by atoms with Crippen LogP contribution in [0.15, 0.2) is 12.2 Å². The van der Waals surface area contributed by atoms with Gasteiger partial charge in [0.2, 0.25) is 0 Å². The van der Waals surface area contributed by atoms with Crippen LogP contribution in [0, 0.1) is 5.41 Å². The van der Waals surface area contributed by atoms with Crippen molar-refractivity contribution < 1.29 is 23.8 Å². The van der Waals surface area contributed by atoms with Gasteiger partial charge in [-0.05, 0) is 5.41 Å². The Bertz CT molecular complexity index is 340. The average molecular weight is 256 g/mol. The third kappa shape index (κ3) is 5.31. The van der Waals surface area contributed by atoms with Gasteiger partial charge >= 0.3 is 11.9 Å². The van der Waals surface area contributed by atoms with Gasteiger partial charge in [0.25, 0.3) is 0 Å². The maximum atomic E-state index is 11.6. The van der Waals surface area contributed by atoms with E-state index in [1.54, 1.807) is 0 Å². The third-order valence-corrected chi connectivity index (χ3v) is 2.20. The van der Waals surface area contributed by atoms with Gasteiger partial charge in [0.05, 0.1) is 25.2 Å². The lowest BCUT2D eigenvalue weighted by molar-refractivity contribution is -0.145. The Morgan fingerprint density at radius 1 is 1.50 bits per heavy atom. The number of carbonyl (C=O) groups excluding carboxylic acids is 2. The quantitative estimate of drug-likeness (QED) is 0.550. The SMILES string of the molecule is C=C(COCC(C)(C)C)C(=O)OC1COC(=O)C1. The number of hydrogen-bond donors (Lipinski definition) is 0. The normalized spacial score (nSPS) is 19.5. The average Bonchev–Trinajstić information content (AvgIpc) is 2.61. The van der Waals surface area contributed by atoms with Crippen LogP contribution in [0.2, 0.25) is 0 Å². The lowest BCUT2D eigenvalue weighted by Gasteiger charge is -2.18. The molecule has 1 unspecified atom stereocenters. The number of cyclic esters (lactones) is 1. The summed E-state index contributed by atoms with van der Waals surface area (Å²) in [5, 5.41) is 0. The molecule has 1 aliphatic heterocycles. The second-order valence-corrected chi connectivity index (χ2v) is 5.57. The number of ether oxygens (including phenoxy) is 3. The molecule has 0 bridgehead atoms. The van der Waals surface area contributed by atoms with Crippen molar-refractivity contribution in [2.75, 3.05) is 19.8 Å². The van der Waals surface area contributed by atoms with Gasteiger partial charge in [0.1, 0.15) is 12.7 Å². The number of esters is 2. The topological polar surface area (TPSA) is 61.8 Å². The summed E-state index contributed by atoms with van der Waals surface area (Å²) in [5.41, 5.74) is 0.286. The van der Waals surface area contributed by atoms with Crippen LogP contribution in [0.1, 0.15) is 27.2 Å². The molecule has 102 valence electrons. The molecule has 0 aromatic rings. The summed E-state index contributed by atoms with van der Waals surface area (Å²) < 4.78 is 15.1. The highest BCUT2D eigenvalue weighted by atomic mass is 16.6. The molecule has 0 aliphatic carbocycles. The fourth-order valence-electron chi connectivity index (χ4n) is 1.34. The summed E-state index contributed by atoms with van der Waals surface area (Å²) >= 11 is 0. The molecule has 5 nitrogen and oxygen atoms in total. The summed E-state index contributed by atoms with van der Waals surface area (Å²) in [6.07, 6.45) is -0.383. The van der Waals surface area contributed by atoms with E-state index in [0.29, 0.717) is 6.61 Å². The van der Waals surface area contributed by atoms with E-state index in [0.717, 1.165) is 0 Å². The summed E-state index contributed by atoms with van der Waals surface area (Å²) in [5.74, 6) is -0.880. The Morgan fingerprint density at radius 3 is 2.67 bits per heavy atom. The number of hydrogen-bond acceptors (Lipinski definition) is 5. The van der Waals surface area contributed by atoms with Gasteiger partial charge in [-0.15, -0.1) is 0 Å². The maximum Gasteiger partial charge on any atom is 0.336 e. The predicted molar refractivity (Wildman–Crippen MR) is 64.9 cm³/mol. The van der Waals surface area contributed by atoms with Crippen molar-refractivity contribution in [1.29, 1.82) is 0 Å². The van der Waals surface area contributed by atoms with Crippen LogP contribution >= 0.6 is 0 Å². The highest BCUT2D eigenvalue weighted by Crippen LogP contribution is 2.15. The zero-order chi connectivity index (χ0) is 13.8. The van der Waals surface area contributed by atoms with E-state index in [1.807, 2.05) is 20.8 Å². The van der Waals surface area contributed by atoms with Gasteiger partial charge in [-0.2, -0.15) is 0 Å². The van der Waals surface area contributed by atoms with E-state index in [4.69, 9.17) is 14.2 Å². The Kier molecular flexibility index (Phi) is 4.90. The minimum absolute atomic E-state index is 0.0376. The first-order valence-corrected chi connectivity index (χ1v) is 5.90. The van der Waals surface area contributed by atoms with E-state index < -0.39 is 12.1 Å². The van der Waals surface area contributed by atoms with Crippen LogP contribution in [0.3, 0.4) is 0 Å². The van der Waals surface area contributed by atoms with Gasteiger partial charge < -0.3 is 14.2 Å². The molecule has 0 radical (unpaired) electrons. The first-order valence-electron chi connectivity index (χ1n) is 5.90. The van der Waals surface area contributed by atoms with E-state index >= 15 is 0 Å². The van der Waals surface area contributed by atoms with E-state index in [9.17, 15) is 9.59 Å². The van der Waals surface area contributed by atoms with Crippen LogP contribution in [0.4, 0.5) is 0 Å². The summed E-state index contributed by atoms with van der Waals surface area (Å²) in [6.45, 7) is 10.5. The monoisotopic (exact) mass is 256 g/mol. The molecule has 0 aromatic carbocycles. The maximum absolute atomic E-state index is 11.6. The van der Waals surface area contributed by atoms with Gasteiger partial charge in [-0.1, -0.05) is 27.4 Å². The lowest BCUT2D eigenvalue weighted by atomic mass is 9.99. The minimum atomic E-state index is -0.535. The molecule has 18 heavy (non-hydrogen) atoms. The second-order valence-electron chi connectivity index (χ2n) is 5.57. The zero-order valence-electron chi connectivity index (χ0n) is 11.2. The predicted octanol–water partition coefficient (Wildman–Crippen LogP) is 1.46. The molecular weight excluding hydrogens is 236 g/mol. The van der Waals surface area contributed by atoms with E-state index in [1.165, 1.54) is 0 Å². The van der Waals surface area contributed by atoms with Crippen LogP contribution in [-0.4, -0.2) is 37.9 Å². The summed E-state index contributed by atoms with van der Waals surface area (Å²) in [7, 11) is 0. The zero-order valence-corrected chi connectivity index (χ0v) is 11.2. The van der Waals surface area contributed by atoms with Crippen molar-refractivity contribution in [3.8, 4) is 0 Å². The molecule has 0 amide bonds. The Labute approximate surface area is 107 Å². The molecule has 0 aromatic heterocycles. The number of rotatable bonds is 5. The van der Waals surface area contributed by atoms with Crippen LogP contribution in [0.25, 0.3) is 0 Å². The molecule has 1 heterocycles. The van der Waals surface area contributed by atoms with Crippen molar-refractivity contribution in [3.63, 3.8) is 0 Å². The van der Waals surface area contributed by atoms with Crippen molar-refractivity contribution in [2.24, 2.45) is 5.41 Å². The lowest BCUT2D eigenvalue weighted by Crippen LogP contribution is -2.22. The highest BCUT2D eigenvalue weighted by molar-refractivity contribution is 5.88. The molecule has 1 saturated heterocycles. The Morgan fingerprint density at radius 2 is 2.17 bits per heavy atom. The summed E-state index contributed by atoms with van der Waals surface area (Å²) in [4.78, 5) is 22.4. The first kappa shape index (κ1) is 14.7. The second kappa shape index (κ2) is 6.00. The fraction of sp³-hybridized carbons (Fsp3) is 0.692. The first-order chi connectivity index (χ1) is 8.28. The summed E-state index contributed by atoms with van der Waals surface area (Å²) in [6, 6.07) is 0. The van der Waals surface area contributed by atoms with Crippen molar-refractivity contribution in [3.05, 3.63) is 12.2 Å². The standard InChI is InChI=1S/C13H20O5/c1-9(6-16-8-13(2,3)4)12(15)18-10-5-11(14)17-7-10/h10H,1,5-8H2,2-4H3. The van der Waals surface area contributed by atoms with E-state index in [2.05, 4.69) is 6.58 Å². The Hall–Kier alpha value is -1.36. The smallest absolute Gasteiger partial charge is 0.336 e. The fourth-order valence-corrected chi connectivity index (χ4v) is 1.34. The molecule has 1 fully saturated rings. The van der Waals surface area contributed by atoms with E-state index in [-0.39, 0.29) is 36.6 Å². The molecule has 0 saturated carbocycles. The third-order valence-electron chi connectivity index (χ3n) is 2.20. The molecule has 5 heteroatoms. The van der Waals surface area contributed by atoms with Crippen LogP contribution in [-0.2, 0) is 23.8 Å². The van der Waals surface area contributed by atoms with Crippen LogP contribution < -0.4 is 0 Å². The Balaban J connectivity index is 2.25. The van der Waals surface area contributed by atoms with Gasteiger partial charge in [-0.3, -0.25) is 4.79 Å². The van der Waals surface area contributed by atoms with Gasteiger partial charge in [-0.25, -0.2) is 4.79 Å². The molecule has 1 aliphatic rings. The molecular formula is C13H20O5.